The van der Waals surface area contributed by atoms with Crippen molar-refractivity contribution in [3.8, 4) is 0 Å². The van der Waals surface area contributed by atoms with Crippen LogP contribution in [0.5, 0.6) is 0 Å². The van der Waals surface area contributed by atoms with Gasteiger partial charge < -0.3 is 0 Å². The van der Waals surface area contributed by atoms with Crippen molar-refractivity contribution in [1.82, 2.24) is 0 Å². The third-order valence-corrected chi connectivity index (χ3v) is 2.26. The minimum absolute atomic E-state index is 0.341. The Balaban J connectivity index is 2.60. The summed E-state index contributed by atoms with van der Waals surface area (Å²) in [5, 5.41) is 2.14. The van der Waals surface area contributed by atoms with Crippen molar-refractivity contribution >= 4 is 10.7 Å². The van der Waals surface area contributed by atoms with Gasteiger partial charge in [0.25, 0.3) is 0 Å². The monoisotopic (exact) mass is 101 g/mol. The molecule has 1 atom stereocenters. The molecule has 1 rings (SSSR count). The molecule has 0 aliphatic carbocycles. The summed E-state index contributed by atoms with van der Waals surface area (Å²) in [6.45, 7) is 0. The molecule has 0 aromatic heterocycles. The van der Waals surface area contributed by atoms with Crippen LogP contribution in [0, 0.1) is 0 Å². The molecule has 0 N–H and O–H groups in total. The Kier molecular flexibility index (Phi) is 1.05. The number of rotatable bonds is 0. The van der Waals surface area contributed by atoms with E-state index in [-0.39, 0.29) is 0 Å². The first-order chi connectivity index (χ1) is 2.93. The Bertz CT molecular complexity index is 104. The summed E-state index contributed by atoms with van der Waals surface area (Å²) >= 11 is 0. The Morgan fingerprint density at radius 1 is 1.83 bits per heavy atom. The smallest absolute Gasteiger partial charge is 0.0350 e. The predicted molar refractivity (Wildman–Crippen MR) is 29.7 cm³/mol. The molecule has 1 unspecified atom stereocenters. The zero-order valence-electron chi connectivity index (χ0n) is 3.72. The molecule has 0 bridgehead atoms. The lowest BCUT2D eigenvalue weighted by molar-refractivity contribution is 1.49. The summed E-state index contributed by atoms with van der Waals surface area (Å²) in [7, 11) is 2.21. The zero-order chi connectivity index (χ0) is 4.41. The minimum atomic E-state index is 0.341. The van der Waals surface area contributed by atoms with Gasteiger partial charge in [-0.15, -0.1) is 0 Å². The van der Waals surface area contributed by atoms with Crippen molar-refractivity contribution in [3.63, 3.8) is 0 Å². The fourth-order valence-electron chi connectivity index (χ4n) is 0.318. The van der Waals surface area contributed by atoms with Gasteiger partial charge in [-0.1, -0.05) is 16.8 Å². The fourth-order valence-corrected chi connectivity index (χ4v) is 0.953. The van der Waals surface area contributed by atoms with Crippen LogP contribution in [0.25, 0.3) is 0 Å². The SMILES string of the molecule is CN=S1C=CC1. The average Bonchev–Trinajstić information content (AvgIpc) is 1.31. The summed E-state index contributed by atoms with van der Waals surface area (Å²) in [6.07, 6.45) is 2.15. The van der Waals surface area contributed by atoms with Crippen LogP contribution in [0.15, 0.2) is 15.8 Å². The highest BCUT2D eigenvalue weighted by atomic mass is 32.2. The predicted octanol–water partition coefficient (Wildman–Crippen LogP) is 0.945. The van der Waals surface area contributed by atoms with E-state index in [1.807, 2.05) is 7.05 Å². The Morgan fingerprint density at radius 3 is 2.50 bits per heavy atom. The van der Waals surface area contributed by atoms with Crippen LogP contribution in [-0.4, -0.2) is 12.8 Å². The molecule has 0 spiro atoms. The van der Waals surface area contributed by atoms with Gasteiger partial charge in [0, 0.05) is 12.8 Å². The topological polar surface area (TPSA) is 12.4 Å². The highest BCUT2D eigenvalue weighted by Gasteiger charge is 1.93. The van der Waals surface area contributed by atoms with E-state index in [0.717, 1.165) is 0 Å². The van der Waals surface area contributed by atoms with Crippen molar-refractivity contribution in [2.24, 2.45) is 4.36 Å². The van der Waals surface area contributed by atoms with Gasteiger partial charge in [0.05, 0.1) is 0 Å². The molecule has 34 valence electrons. The van der Waals surface area contributed by atoms with E-state index in [9.17, 15) is 0 Å². The highest BCUT2D eigenvalue weighted by molar-refractivity contribution is 7.91. The van der Waals surface area contributed by atoms with E-state index in [2.05, 4.69) is 15.8 Å². The molecule has 0 saturated heterocycles. The average molecular weight is 101 g/mol. The Labute approximate surface area is 40.2 Å². The molecule has 6 heavy (non-hydrogen) atoms. The van der Waals surface area contributed by atoms with Gasteiger partial charge in [-0.2, -0.15) is 0 Å². The second kappa shape index (κ2) is 1.56. The fraction of sp³-hybridized carbons (Fsp3) is 0.500. The van der Waals surface area contributed by atoms with Crippen LogP contribution in [0.2, 0.25) is 0 Å². The molecule has 1 heterocycles. The summed E-state index contributed by atoms with van der Waals surface area (Å²) in [5.74, 6) is 1.19. The second-order valence-electron chi connectivity index (χ2n) is 1.12. The Morgan fingerprint density at radius 2 is 2.50 bits per heavy atom. The van der Waals surface area contributed by atoms with Crippen molar-refractivity contribution in [3.05, 3.63) is 11.5 Å². The third-order valence-electron chi connectivity index (χ3n) is 0.755. The molecule has 1 aliphatic heterocycles. The van der Waals surface area contributed by atoms with Gasteiger partial charge in [0.2, 0.25) is 0 Å². The van der Waals surface area contributed by atoms with E-state index in [4.69, 9.17) is 0 Å². The van der Waals surface area contributed by atoms with Crippen molar-refractivity contribution in [1.29, 1.82) is 0 Å². The lowest BCUT2D eigenvalue weighted by Gasteiger charge is -2.03. The first-order valence-corrected chi connectivity index (χ1v) is 3.31. The highest BCUT2D eigenvalue weighted by Crippen LogP contribution is 2.00. The molecular formula is C4H7NS. The molecule has 0 aromatic carbocycles. The maximum atomic E-state index is 4.03. The molecule has 0 amide bonds. The van der Waals surface area contributed by atoms with Crippen LogP contribution >= 0.6 is 0 Å². The van der Waals surface area contributed by atoms with E-state index in [1.54, 1.807) is 0 Å². The molecule has 1 aliphatic rings. The van der Waals surface area contributed by atoms with E-state index in [1.165, 1.54) is 5.75 Å². The van der Waals surface area contributed by atoms with Crippen LogP contribution in [0.3, 0.4) is 0 Å². The lowest BCUT2D eigenvalue weighted by atomic mass is 10.7. The summed E-state index contributed by atoms with van der Waals surface area (Å²) in [6, 6.07) is 0. The third kappa shape index (κ3) is 0.522. The van der Waals surface area contributed by atoms with Crippen molar-refractivity contribution in [2.75, 3.05) is 12.8 Å². The first kappa shape index (κ1) is 4.06. The molecule has 0 radical (unpaired) electrons. The van der Waals surface area contributed by atoms with E-state index < -0.39 is 0 Å². The van der Waals surface area contributed by atoms with Crippen molar-refractivity contribution in [2.45, 2.75) is 0 Å². The summed E-state index contributed by atoms with van der Waals surface area (Å²) in [4.78, 5) is 0. The van der Waals surface area contributed by atoms with Crippen LogP contribution in [0.1, 0.15) is 0 Å². The largest absolute Gasteiger partial charge is 0.264 e. The maximum Gasteiger partial charge on any atom is 0.0350 e. The number of hydrogen-bond acceptors (Lipinski definition) is 1. The summed E-state index contributed by atoms with van der Waals surface area (Å²) in [5.41, 5.74) is 0. The van der Waals surface area contributed by atoms with Gasteiger partial charge in [-0.05, 0) is 5.41 Å². The lowest BCUT2D eigenvalue weighted by Crippen LogP contribution is -1.97. The molecule has 2 heteroatoms. The summed E-state index contributed by atoms with van der Waals surface area (Å²) < 4.78 is 4.03. The molecule has 0 saturated carbocycles. The van der Waals surface area contributed by atoms with Crippen LogP contribution < -0.4 is 0 Å². The number of hydrogen-bond donors (Lipinski definition) is 0. The van der Waals surface area contributed by atoms with Crippen LogP contribution in [-0.2, 0) is 10.7 Å². The van der Waals surface area contributed by atoms with Gasteiger partial charge in [-0.25, -0.2) is 0 Å². The van der Waals surface area contributed by atoms with Crippen LogP contribution in [0.4, 0.5) is 0 Å². The molecular weight excluding hydrogens is 94.1 g/mol. The van der Waals surface area contributed by atoms with Crippen molar-refractivity contribution < 1.29 is 0 Å². The second-order valence-corrected chi connectivity index (χ2v) is 2.90. The van der Waals surface area contributed by atoms with Gasteiger partial charge >= 0.3 is 0 Å². The molecule has 0 fully saturated rings. The maximum absolute atomic E-state index is 4.03. The normalized spacial score (nSPS) is 30.5. The standard InChI is InChI=1S/C4H7NS/c1-5-6-3-2-4-6/h2-3H,4H2,1H3. The van der Waals surface area contributed by atoms with Gasteiger partial charge in [0.15, 0.2) is 0 Å². The van der Waals surface area contributed by atoms with E-state index >= 15 is 0 Å². The molecule has 0 aromatic rings. The Hall–Kier alpha value is -0.110. The quantitative estimate of drug-likeness (QED) is 0.430. The number of nitrogens with zero attached hydrogens (tertiary/aromatic N) is 1. The zero-order valence-corrected chi connectivity index (χ0v) is 4.53. The van der Waals surface area contributed by atoms with Gasteiger partial charge in [0.1, 0.15) is 0 Å². The first-order valence-electron chi connectivity index (χ1n) is 1.90. The molecule has 1 nitrogen and oxygen atoms in total. The van der Waals surface area contributed by atoms with E-state index in [0.29, 0.717) is 10.7 Å². The minimum Gasteiger partial charge on any atom is -0.264 e. The van der Waals surface area contributed by atoms with Gasteiger partial charge in [-0.3, -0.25) is 4.36 Å².